The maximum absolute atomic E-state index is 12.5. The van der Waals surface area contributed by atoms with Crippen molar-refractivity contribution in [2.24, 2.45) is 0 Å². The Bertz CT molecular complexity index is 1050. The van der Waals surface area contributed by atoms with Gasteiger partial charge in [-0.3, -0.25) is 25.0 Å². The van der Waals surface area contributed by atoms with Crippen molar-refractivity contribution < 1.29 is 19.4 Å². The molecular formula is C20H19ClN4O6. The summed E-state index contributed by atoms with van der Waals surface area (Å²) in [6.45, 7) is 1.62. The third-order valence-electron chi connectivity index (χ3n) is 4.90. The van der Waals surface area contributed by atoms with Gasteiger partial charge in [0.15, 0.2) is 0 Å². The maximum atomic E-state index is 12.5. The molecule has 31 heavy (non-hydrogen) atoms. The van der Waals surface area contributed by atoms with Crippen LogP contribution in [0.3, 0.4) is 0 Å². The summed E-state index contributed by atoms with van der Waals surface area (Å²) in [7, 11) is 1.44. The molecule has 0 spiro atoms. The van der Waals surface area contributed by atoms with Gasteiger partial charge in [0.2, 0.25) is 5.91 Å². The van der Waals surface area contributed by atoms with Crippen LogP contribution in [-0.4, -0.2) is 53.9 Å². The lowest BCUT2D eigenvalue weighted by molar-refractivity contribution is -0.384. The van der Waals surface area contributed by atoms with Gasteiger partial charge >= 0.3 is 0 Å². The van der Waals surface area contributed by atoms with Gasteiger partial charge < -0.3 is 14.5 Å². The fourth-order valence-corrected chi connectivity index (χ4v) is 3.44. The molecule has 1 heterocycles. The minimum absolute atomic E-state index is 0.0252. The molecule has 0 unspecified atom stereocenters. The number of halogens is 1. The molecule has 1 fully saturated rings. The highest BCUT2D eigenvalue weighted by Gasteiger charge is 2.25. The molecule has 10 nitrogen and oxygen atoms in total. The Kier molecular flexibility index (Phi) is 6.71. The van der Waals surface area contributed by atoms with Gasteiger partial charge in [0.05, 0.1) is 23.0 Å². The van der Waals surface area contributed by atoms with Crippen molar-refractivity contribution in [3.8, 4) is 5.75 Å². The molecule has 0 N–H and O–H groups in total. The van der Waals surface area contributed by atoms with E-state index in [-0.39, 0.29) is 22.3 Å². The van der Waals surface area contributed by atoms with Crippen LogP contribution in [0.15, 0.2) is 42.5 Å². The molecule has 1 aliphatic rings. The Hall–Kier alpha value is -3.66. The smallest absolute Gasteiger partial charge is 0.296 e. The number of benzene rings is 2. The van der Waals surface area contributed by atoms with E-state index in [2.05, 4.69) is 0 Å². The van der Waals surface area contributed by atoms with Crippen molar-refractivity contribution in [3.63, 3.8) is 0 Å². The van der Waals surface area contributed by atoms with E-state index >= 15 is 0 Å². The summed E-state index contributed by atoms with van der Waals surface area (Å²) in [6, 6.07) is 8.97. The Labute approximate surface area is 182 Å². The molecule has 0 bridgehead atoms. The first-order valence-corrected chi connectivity index (χ1v) is 9.66. The number of methoxy groups -OCH3 is 1. The molecule has 0 saturated carbocycles. The first-order chi connectivity index (χ1) is 14.8. The van der Waals surface area contributed by atoms with Crippen molar-refractivity contribution in [3.05, 3.63) is 73.3 Å². The van der Waals surface area contributed by atoms with E-state index in [0.29, 0.717) is 43.2 Å². The van der Waals surface area contributed by atoms with Gasteiger partial charge in [-0.25, -0.2) is 0 Å². The molecule has 2 aromatic rings. The number of hydrogen-bond acceptors (Lipinski definition) is 7. The van der Waals surface area contributed by atoms with Gasteiger partial charge in [-0.05, 0) is 29.8 Å². The Balaban J connectivity index is 1.65. The molecule has 1 saturated heterocycles. The Morgan fingerprint density at radius 1 is 1.03 bits per heavy atom. The molecule has 11 heteroatoms. The molecule has 162 valence electrons. The highest BCUT2D eigenvalue weighted by Crippen LogP contribution is 2.32. The number of nitro benzene ring substituents is 2. The molecule has 0 aromatic heterocycles. The number of rotatable bonds is 6. The van der Waals surface area contributed by atoms with Crippen LogP contribution < -0.4 is 9.64 Å². The number of piperazine rings is 1. The van der Waals surface area contributed by atoms with Crippen LogP contribution in [0, 0.1) is 20.2 Å². The number of amides is 1. The predicted octanol–water partition coefficient (Wildman–Crippen LogP) is 3.53. The third-order valence-corrected chi connectivity index (χ3v) is 5.22. The van der Waals surface area contributed by atoms with E-state index in [4.69, 9.17) is 16.3 Å². The number of ether oxygens (including phenoxy) is 1. The molecule has 0 atom stereocenters. The quantitative estimate of drug-likeness (QED) is 0.378. The second-order valence-electron chi connectivity index (χ2n) is 6.73. The molecule has 3 rings (SSSR count). The molecular weight excluding hydrogens is 428 g/mol. The Morgan fingerprint density at radius 2 is 1.71 bits per heavy atom. The average Bonchev–Trinajstić information content (AvgIpc) is 2.77. The topological polar surface area (TPSA) is 119 Å². The van der Waals surface area contributed by atoms with Crippen molar-refractivity contribution >= 4 is 40.6 Å². The second-order valence-corrected chi connectivity index (χ2v) is 7.13. The van der Waals surface area contributed by atoms with E-state index in [9.17, 15) is 25.0 Å². The van der Waals surface area contributed by atoms with Crippen molar-refractivity contribution in [2.45, 2.75) is 0 Å². The van der Waals surface area contributed by atoms with Crippen LogP contribution >= 0.6 is 11.6 Å². The van der Waals surface area contributed by atoms with Crippen molar-refractivity contribution in [1.29, 1.82) is 0 Å². The first-order valence-electron chi connectivity index (χ1n) is 9.28. The van der Waals surface area contributed by atoms with Gasteiger partial charge in [-0.1, -0.05) is 17.7 Å². The molecule has 1 aliphatic heterocycles. The summed E-state index contributed by atoms with van der Waals surface area (Å²) >= 11 is 5.79. The molecule has 1 amide bonds. The number of anilines is 1. The number of nitrogens with zero attached hydrogens (tertiary/aromatic N) is 4. The van der Waals surface area contributed by atoms with Crippen LogP contribution in [0.25, 0.3) is 6.08 Å². The lowest BCUT2D eigenvalue weighted by Crippen LogP contribution is -2.48. The third kappa shape index (κ3) is 5.10. The van der Waals surface area contributed by atoms with Crippen LogP contribution in [0.5, 0.6) is 5.75 Å². The lowest BCUT2D eigenvalue weighted by atomic mass is 10.1. The summed E-state index contributed by atoms with van der Waals surface area (Å²) in [5.74, 6) is 0.151. The fraction of sp³-hybridized carbons (Fsp3) is 0.250. The van der Waals surface area contributed by atoms with Crippen LogP contribution in [-0.2, 0) is 4.79 Å². The van der Waals surface area contributed by atoms with Gasteiger partial charge in [-0.2, -0.15) is 0 Å². The largest absolute Gasteiger partial charge is 0.496 e. The van der Waals surface area contributed by atoms with Crippen LogP contribution in [0.4, 0.5) is 17.1 Å². The average molecular weight is 447 g/mol. The standard InChI is InChI=1S/C20H19ClN4O6/c1-31-15-4-6-17(19(13-15)25(29)30)22-8-10-23(11-9-22)20(26)7-3-14-2-5-16(21)18(12-14)24(27)28/h2-7,12-13H,8-11H2,1H3. The van der Waals surface area contributed by atoms with E-state index in [1.807, 2.05) is 4.90 Å². The number of carbonyl (C=O) groups excluding carboxylic acids is 1. The minimum atomic E-state index is -0.584. The fourth-order valence-electron chi connectivity index (χ4n) is 3.26. The van der Waals surface area contributed by atoms with Gasteiger partial charge in [0.1, 0.15) is 16.5 Å². The maximum Gasteiger partial charge on any atom is 0.296 e. The van der Waals surface area contributed by atoms with E-state index in [1.54, 1.807) is 23.1 Å². The molecule has 0 aliphatic carbocycles. The minimum Gasteiger partial charge on any atom is -0.496 e. The summed E-state index contributed by atoms with van der Waals surface area (Å²) in [6.07, 6.45) is 2.84. The second kappa shape index (κ2) is 9.43. The molecule has 0 radical (unpaired) electrons. The van der Waals surface area contributed by atoms with Crippen molar-refractivity contribution in [2.75, 3.05) is 38.2 Å². The Morgan fingerprint density at radius 3 is 2.32 bits per heavy atom. The van der Waals surface area contributed by atoms with E-state index in [0.717, 1.165) is 0 Å². The van der Waals surface area contributed by atoms with Crippen LogP contribution in [0.1, 0.15) is 5.56 Å². The zero-order valence-electron chi connectivity index (χ0n) is 16.6. The van der Waals surface area contributed by atoms with Gasteiger partial charge in [-0.15, -0.1) is 0 Å². The SMILES string of the molecule is COc1ccc(N2CCN(C(=O)C=Cc3ccc(Cl)c([N+](=O)[O-])c3)CC2)c([N+](=O)[O-])c1. The summed E-state index contributed by atoms with van der Waals surface area (Å²) in [5.41, 5.74) is 0.674. The summed E-state index contributed by atoms with van der Waals surface area (Å²) in [5, 5.41) is 22.4. The summed E-state index contributed by atoms with van der Waals surface area (Å²) in [4.78, 5) is 37.3. The lowest BCUT2D eigenvalue weighted by Gasteiger charge is -2.35. The van der Waals surface area contributed by atoms with E-state index < -0.39 is 9.85 Å². The van der Waals surface area contributed by atoms with Crippen molar-refractivity contribution in [1.82, 2.24) is 4.90 Å². The van der Waals surface area contributed by atoms with Gasteiger partial charge in [0.25, 0.3) is 11.4 Å². The van der Waals surface area contributed by atoms with Gasteiger partial charge in [0, 0.05) is 38.3 Å². The molecule has 2 aromatic carbocycles. The van der Waals surface area contributed by atoms with E-state index in [1.165, 1.54) is 37.5 Å². The highest BCUT2D eigenvalue weighted by atomic mass is 35.5. The number of hydrogen-bond donors (Lipinski definition) is 0. The highest BCUT2D eigenvalue weighted by molar-refractivity contribution is 6.32. The zero-order chi connectivity index (χ0) is 22.5. The predicted molar refractivity (Wildman–Crippen MR) is 116 cm³/mol. The number of nitro groups is 2. The van der Waals surface area contributed by atoms with Crippen LogP contribution in [0.2, 0.25) is 5.02 Å². The first kappa shape index (κ1) is 22.0. The monoisotopic (exact) mass is 446 g/mol. The normalized spacial score (nSPS) is 14.0. The summed E-state index contributed by atoms with van der Waals surface area (Å²) < 4.78 is 5.06. The number of carbonyl (C=O) groups is 1. The zero-order valence-corrected chi connectivity index (χ0v) is 17.3.